The molecule has 0 saturated heterocycles. The van der Waals surface area contributed by atoms with Gasteiger partial charge in [0, 0.05) is 36.3 Å². The standard InChI is InChI=1S/C15H21N3OS/c1-11(2)10-18-7-6-16-14(15(18)19)17-12(3)9-13-5-4-8-20-13/h4-8,11-12H,9-10H2,1-3H3,(H,16,17). The van der Waals surface area contributed by atoms with E-state index in [2.05, 4.69) is 42.5 Å². The topological polar surface area (TPSA) is 46.9 Å². The maximum absolute atomic E-state index is 12.3. The molecule has 1 N–H and O–H groups in total. The molecule has 0 saturated carbocycles. The van der Waals surface area contributed by atoms with Gasteiger partial charge in [0.2, 0.25) is 0 Å². The Labute approximate surface area is 123 Å². The van der Waals surface area contributed by atoms with Crippen molar-refractivity contribution in [3.8, 4) is 0 Å². The van der Waals surface area contributed by atoms with E-state index in [0.29, 0.717) is 11.7 Å². The lowest BCUT2D eigenvalue weighted by Gasteiger charge is -2.15. The fourth-order valence-electron chi connectivity index (χ4n) is 2.10. The van der Waals surface area contributed by atoms with E-state index in [9.17, 15) is 4.79 Å². The van der Waals surface area contributed by atoms with Crippen LogP contribution in [0.4, 0.5) is 5.82 Å². The molecule has 5 heteroatoms. The molecule has 0 aromatic carbocycles. The van der Waals surface area contributed by atoms with Crippen molar-refractivity contribution in [1.82, 2.24) is 9.55 Å². The van der Waals surface area contributed by atoms with Crippen LogP contribution in [-0.2, 0) is 13.0 Å². The molecule has 4 nitrogen and oxygen atoms in total. The summed E-state index contributed by atoms with van der Waals surface area (Å²) in [6, 6.07) is 4.34. The Balaban J connectivity index is 2.07. The Morgan fingerprint density at radius 3 is 2.85 bits per heavy atom. The second-order valence-corrected chi connectivity index (χ2v) is 6.49. The van der Waals surface area contributed by atoms with Crippen LogP contribution < -0.4 is 10.9 Å². The molecule has 1 unspecified atom stereocenters. The van der Waals surface area contributed by atoms with E-state index in [1.54, 1.807) is 28.3 Å². The number of nitrogens with one attached hydrogen (secondary N) is 1. The highest BCUT2D eigenvalue weighted by molar-refractivity contribution is 7.09. The van der Waals surface area contributed by atoms with Crippen LogP contribution in [0.3, 0.4) is 0 Å². The van der Waals surface area contributed by atoms with E-state index in [1.807, 2.05) is 6.07 Å². The largest absolute Gasteiger partial charge is 0.363 e. The van der Waals surface area contributed by atoms with Crippen LogP contribution >= 0.6 is 11.3 Å². The predicted molar refractivity (Wildman–Crippen MR) is 84.4 cm³/mol. The van der Waals surface area contributed by atoms with Crippen LogP contribution in [0.15, 0.2) is 34.7 Å². The predicted octanol–water partition coefficient (Wildman–Crippen LogP) is 3.00. The molecule has 0 aliphatic rings. The zero-order valence-electron chi connectivity index (χ0n) is 12.2. The maximum atomic E-state index is 12.3. The normalized spacial score (nSPS) is 12.6. The van der Waals surface area contributed by atoms with Crippen LogP contribution in [0.5, 0.6) is 0 Å². The third kappa shape index (κ3) is 3.93. The number of thiophene rings is 1. The van der Waals surface area contributed by atoms with Gasteiger partial charge in [-0.25, -0.2) is 4.98 Å². The number of anilines is 1. The Morgan fingerprint density at radius 1 is 1.40 bits per heavy atom. The Morgan fingerprint density at radius 2 is 2.20 bits per heavy atom. The van der Waals surface area contributed by atoms with Gasteiger partial charge in [-0.2, -0.15) is 0 Å². The highest BCUT2D eigenvalue weighted by Crippen LogP contribution is 2.12. The van der Waals surface area contributed by atoms with Crippen molar-refractivity contribution >= 4 is 17.2 Å². The lowest BCUT2D eigenvalue weighted by Crippen LogP contribution is -2.29. The number of hydrogen-bond donors (Lipinski definition) is 1. The highest BCUT2D eigenvalue weighted by atomic mass is 32.1. The van der Waals surface area contributed by atoms with E-state index < -0.39 is 0 Å². The van der Waals surface area contributed by atoms with E-state index in [4.69, 9.17) is 0 Å². The van der Waals surface area contributed by atoms with Gasteiger partial charge in [0.25, 0.3) is 5.56 Å². The average Bonchev–Trinajstić information content (AvgIpc) is 2.86. The monoisotopic (exact) mass is 291 g/mol. The molecule has 2 aromatic rings. The van der Waals surface area contributed by atoms with Gasteiger partial charge in [-0.1, -0.05) is 19.9 Å². The molecule has 1 atom stereocenters. The van der Waals surface area contributed by atoms with Crippen molar-refractivity contribution in [1.29, 1.82) is 0 Å². The molecule has 0 aliphatic heterocycles. The van der Waals surface area contributed by atoms with Crippen molar-refractivity contribution in [2.24, 2.45) is 5.92 Å². The SMILES string of the molecule is CC(C)Cn1ccnc(NC(C)Cc2cccs2)c1=O. The first-order valence-electron chi connectivity index (χ1n) is 6.90. The quantitative estimate of drug-likeness (QED) is 0.890. The zero-order chi connectivity index (χ0) is 14.5. The molecule has 2 rings (SSSR count). The van der Waals surface area contributed by atoms with Gasteiger partial charge in [0.05, 0.1) is 0 Å². The third-order valence-electron chi connectivity index (χ3n) is 2.95. The fraction of sp³-hybridized carbons (Fsp3) is 0.467. The molecule has 0 amide bonds. The van der Waals surface area contributed by atoms with Crippen LogP contribution in [0.2, 0.25) is 0 Å². The summed E-state index contributed by atoms with van der Waals surface area (Å²) < 4.78 is 1.72. The van der Waals surface area contributed by atoms with Gasteiger partial charge in [-0.05, 0) is 24.3 Å². The summed E-state index contributed by atoms with van der Waals surface area (Å²) in [5.41, 5.74) is -0.0424. The smallest absolute Gasteiger partial charge is 0.293 e. The molecule has 0 fully saturated rings. The van der Waals surface area contributed by atoms with Crippen molar-refractivity contribution in [3.05, 3.63) is 45.1 Å². The number of aromatic nitrogens is 2. The molecule has 0 spiro atoms. The summed E-state index contributed by atoms with van der Waals surface area (Å²) in [4.78, 5) is 17.8. The first-order chi connectivity index (χ1) is 9.56. The van der Waals surface area contributed by atoms with Gasteiger partial charge in [-0.3, -0.25) is 4.79 Å². The van der Waals surface area contributed by atoms with E-state index in [0.717, 1.165) is 13.0 Å². The Bertz CT molecular complexity index is 589. The molecular formula is C15H21N3OS. The lowest BCUT2D eigenvalue weighted by molar-refractivity contribution is 0.509. The Hall–Kier alpha value is -1.62. The van der Waals surface area contributed by atoms with Crippen molar-refractivity contribution in [2.75, 3.05) is 5.32 Å². The summed E-state index contributed by atoms with van der Waals surface area (Å²) >= 11 is 1.73. The number of nitrogens with zero attached hydrogens (tertiary/aromatic N) is 2. The van der Waals surface area contributed by atoms with Gasteiger partial charge >= 0.3 is 0 Å². The second-order valence-electron chi connectivity index (χ2n) is 5.46. The fourth-order valence-corrected chi connectivity index (χ4v) is 2.93. The van der Waals surface area contributed by atoms with Crippen LogP contribution in [0.25, 0.3) is 0 Å². The van der Waals surface area contributed by atoms with Crippen molar-refractivity contribution in [3.63, 3.8) is 0 Å². The van der Waals surface area contributed by atoms with E-state index in [-0.39, 0.29) is 11.6 Å². The minimum absolute atomic E-state index is 0.0424. The highest BCUT2D eigenvalue weighted by Gasteiger charge is 2.10. The first kappa shape index (κ1) is 14.8. The number of rotatable bonds is 6. The van der Waals surface area contributed by atoms with Gasteiger partial charge < -0.3 is 9.88 Å². The molecule has 0 bridgehead atoms. The van der Waals surface area contributed by atoms with Crippen LogP contribution in [0.1, 0.15) is 25.6 Å². The molecule has 0 radical (unpaired) electrons. The molecule has 2 heterocycles. The molecule has 108 valence electrons. The van der Waals surface area contributed by atoms with Crippen molar-refractivity contribution < 1.29 is 0 Å². The zero-order valence-corrected chi connectivity index (χ0v) is 13.0. The summed E-state index contributed by atoms with van der Waals surface area (Å²) in [6.45, 7) is 6.98. The minimum atomic E-state index is -0.0424. The summed E-state index contributed by atoms with van der Waals surface area (Å²) in [5.74, 6) is 0.878. The summed E-state index contributed by atoms with van der Waals surface area (Å²) in [6.07, 6.45) is 4.33. The summed E-state index contributed by atoms with van der Waals surface area (Å²) in [7, 11) is 0. The van der Waals surface area contributed by atoms with Gasteiger partial charge in [-0.15, -0.1) is 11.3 Å². The average molecular weight is 291 g/mol. The first-order valence-corrected chi connectivity index (χ1v) is 7.78. The number of hydrogen-bond acceptors (Lipinski definition) is 4. The molecule has 0 aliphatic carbocycles. The molecule has 20 heavy (non-hydrogen) atoms. The Kier molecular flexibility index (Phi) is 4.95. The van der Waals surface area contributed by atoms with Gasteiger partial charge in [0.1, 0.15) is 0 Å². The maximum Gasteiger partial charge on any atom is 0.293 e. The summed E-state index contributed by atoms with van der Waals surface area (Å²) in [5, 5.41) is 5.29. The molecule has 2 aromatic heterocycles. The van der Waals surface area contributed by atoms with E-state index >= 15 is 0 Å². The lowest BCUT2D eigenvalue weighted by atomic mass is 10.2. The third-order valence-corrected chi connectivity index (χ3v) is 3.84. The van der Waals surface area contributed by atoms with Crippen molar-refractivity contribution in [2.45, 2.75) is 39.8 Å². The van der Waals surface area contributed by atoms with E-state index in [1.165, 1.54) is 4.88 Å². The second kappa shape index (κ2) is 6.70. The van der Waals surface area contributed by atoms with Gasteiger partial charge in [0.15, 0.2) is 5.82 Å². The van der Waals surface area contributed by atoms with Crippen LogP contribution in [-0.4, -0.2) is 15.6 Å². The minimum Gasteiger partial charge on any atom is -0.363 e. The molecular weight excluding hydrogens is 270 g/mol. The van der Waals surface area contributed by atoms with Crippen LogP contribution in [0, 0.1) is 5.92 Å².